The van der Waals surface area contributed by atoms with Crippen LogP contribution in [-0.2, 0) is 4.79 Å². The molecular formula is C12H14FN3O2. The predicted molar refractivity (Wildman–Crippen MR) is 62.0 cm³/mol. The van der Waals surface area contributed by atoms with Crippen LogP contribution in [0, 0.1) is 11.9 Å². The fourth-order valence-electron chi connectivity index (χ4n) is 2.11. The van der Waals surface area contributed by atoms with Crippen molar-refractivity contribution in [3.63, 3.8) is 0 Å². The van der Waals surface area contributed by atoms with Gasteiger partial charge in [0.25, 0.3) is 5.91 Å². The minimum Gasteiger partial charge on any atom is -0.369 e. The highest BCUT2D eigenvalue weighted by Crippen LogP contribution is 2.18. The summed E-state index contributed by atoms with van der Waals surface area (Å²) in [4.78, 5) is 28.2. The molecule has 1 aromatic heterocycles. The summed E-state index contributed by atoms with van der Waals surface area (Å²) in [6.45, 7) is 0.866. The van der Waals surface area contributed by atoms with Gasteiger partial charge in [-0.3, -0.25) is 9.59 Å². The van der Waals surface area contributed by atoms with Crippen molar-refractivity contribution in [1.82, 2.24) is 9.88 Å². The van der Waals surface area contributed by atoms with Crippen LogP contribution < -0.4 is 5.73 Å². The normalized spacial score (nSPS) is 19.6. The van der Waals surface area contributed by atoms with Crippen molar-refractivity contribution in [2.24, 2.45) is 11.7 Å². The first kappa shape index (κ1) is 12.5. The average Bonchev–Trinajstić information content (AvgIpc) is 2.38. The minimum absolute atomic E-state index is 0.243. The predicted octanol–water partition coefficient (Wildman–Crippen LogP) is 0.558. The van der Waals surface area contributed by atoms with Crippen LogP contribution in [0.1, 0.15) is 23.2 Å². The van der Waals surface area contributed by atoms with E-state index in [1.165, 1.54) is 17.2 Å². The smallest absolute Gasteiger partial charge is 0.254 e. The number of halogens is 1. The van der Waals surface area contributed by atoms with Crippen molar-refractivity contribution in [2.75, 3.05) is 13.1 Å². The zero-order valence-corrected chi connectivity index (χ0v) is 9.80. The molecule has 96 valence electrons. The van der Waals surface area contributed by atoms with Gasteiger partial charge in [-0.05, 0) is 18.9 Å². The van der Waals surface area contributed by atoms with E-state index in [4.69, 9.17) is 5.73 Å². The highest BCUT2D eigenvalue weighted by atomic mass is 19.1. The summed E-state index contributed by atoms with van der Waals surface area (Å²) in [7, 11) is 0. The van der Waals surface area contributed by atoms with Crippen LogP contribution in [0.25, 0.3) is 0 Å². The third-order valence-corrected chi connectivity index (χ3v) is 3.08. The van der Waals surface area contributed by atoms with E-state index in [0.29, 0.717) is 19.5 Å². The summed E-state index contributed by atoms with van der Waals surface area (Å²) in [5.74, 6) is -1.69. The Balaban J connectivity index is 2.11. The van der Waals surface area contributed by atoms with E-state index in [1.807, 2.05) is 0 Å². The molecule has 2 N–H and O–H groups in total. The Labute approximate surface area is 104 Å². The lowest BCUT2D eigenvalue weighted by Gasteiger charge is -2.31. The van der Waals surface area contributed by atoms with Gasteiger partial charge in [0.15, 0.2) is 0 Å². The van der Waals surface area contributed by atoms with Crippen molar-refractivity contribution in [3.05, 3.63) is 29.8 Å². The van der Waals surface area contributed by atoms with Gasteiger partial charge in [-0.15, -0.1) is 0 Å². The van der Waals surface area contributed by atoms with Crippen molar-refractivity contribution >= 4 is 11.8 Å². The number of rotatable bonds is 2. The second-order valence-electron chi connectivity index (χ2n) is 4.36. The molecule has 1 aliphatic heterocycles. The van der Waals surface area contributed by atoms with Crippen molar-refractivity contribution in [3.8, 4) is 0 Å². The molecule has 0 bridgehead atoms. The maximum atomic E-state index is 12.9. The van der Waals surface area contributed by atoms with E-state index >= 15 is 0 Å². The molecule has 18 heavy (non-hydrogen) atoms. The molecule has 0 spiro atoms. The van der Waals surface area contributed by atoms with Crippen LogP contribution in [0.4, 0.5) is 4.39 Å². The lowest BCUT2D eigenvalue weighted by molar-refractivity contribution is -0.123. The largest absolute Gasteiger partial charge is 0.369 e. The SMILES string of the molecule is NC(=O)C1CCCN(C(=O)c2ccnc(F)c2)C1. The fraction of sp³-hybridized carbons (Fsp3) is 0.417. The van der Waals surface area contributed by atoms with Gasteiger partial charge in [0.1, 0.15) is 0 Å². The highest BCUT2D eigenvalue weighted by Gasteiger charge is 2.27. The summed E-state index contributed by atoms with van der Waals surface area (Å²) in [5, 5.41) is 0. The first-order valence-corrected chi connectivity index (χ1v) is 5.78. The quantitative estimate of drug-likeness (QED) is 0.780. The molecule has 1 aliphatic rings. The van der Waals surface area contributed by atoms with E-state index in [1.54, 1.807) is 0 Å². The second-order valence-corrected chi connectivity index (χ2v) is 4.36. The number of nitrogens with zero attached hydrogens (tertiary/aromatic N) is 2. The summed E-state index contributed by atoms with van der Waals surface area (Å²) in [5.41, 5.74) is 5.49. The number of hydrogen-bond donors (Lipinski definition) is 1. The molecule has 0 saturated carbocycles. The van der Waals surface area contributed by atoms with Crippen LogP contribution in [-0.4, -0.2) is 34.8 Å². The topological polar surface area (TPSA) is 76.3 Å². The molecular weight excluding hydrogens is 237 g/mol. The first-order valence-electron chi connectivity index (χ1n) is 5.78. The number of carbonyl (C=O) groups is 2. The van der Waals surface area contributed by atoms with Gasteiger partial charge in [0, 0.05) is 30.9 Å². The van der Waals surface area contributed by atoms with E-state index in [2.05, 4.69) is 4.98 Å². The number of aromatic nitrogens is 1. The number of pyridine rings is 1. The van der Waals surface area contributed by atoms with Gasteiger partial charge in [-0.25, -0.2) is 4.98 Å². The zero-order chi connectivity index (χ0) is 13.1. The first-order chi connectivity index (χ1) is 8.58. The number of nitrogens with two attached hydrogens (primary N) is 1. The van der Waals surface area contributed by atoms with E-state index < -0.39 is 11.9 Å². The van der Waals surface area contributed by atoms with Crippen LogP contribution >= 0.6 is 0 Å². The van der Waals surface area contributed by atoms with Gasteiger partial charge < -0.3 is 10.6 Å². The summed E-state index contributed by atoms with van der Waals surface area (Å²) >= 11 is 0. The maximum Gasteiger partial charge on any atom is 0.254 e. The third-order valence-electron chi connectivity index (χ3n) is 3.08. The number of amides is 2. The summed E-state index contributed by atoms with van der Waals surface area (Å²) < 4.78 is 12.9. The van der Waals surface area contributed by atoms with E-state index in [-0.39, 0.29) is 17.4 Å². The summed E-state index contributed by atoms with van der Waals surface area (Å²) in [6.07, 6.45) is 2.68. The van der Waals surface area contributed by atoms with Gasteiger partial charge in [-0.1, -0.05) is 0 Å². The summed E-state index contributed by atoms with van der Waals surface area (Å²) in [6, 6.07) is 2.55. The molecule has 1 unspecified atom stereocenters. The second kappa shape index (κ2) is 5.12. The average molecular weight is 251 g/mol. The molecule has 5 nitrogen and oxygen atoms in total. The molecule has 0 radical (unpaired) electrons. The van der Waals surface area contributed by atoms with Crippen LogP contribution in [0.2, 0.25) is 0 Å². The molecule has 1 saturated heterocycles. The Bertz CT molecular complexity index is 478. The number of hydrogen-bond acceptors (Lipinski definition) is 3. The van der Waals surface area contributed by atoms with E-state index in [0.717, 1.165) is 12.5 Å². The number of piperidine rings is 1. The molecule has 0 aliphatic carbocycles. The molecule has 1 fully saturated rings. The lowest BCUT2D eigenvalue weighted by Crippen LogP contribution is -2.44. The maximum absolute atomic E-state index is 12.9. The van der Waals surface area contributed by atoms with Crippen LogP contribution in [0.3, 0.4) is 0 Å². The van der Waals surface area contributed by atoms with Crippen LogP contribution in [0.15, 0.2) is 18.3 Å². The Kier molecular flexibility index (Phi) is 3.55. The zero-order valence-electron chi connectivity index (χ0n) is 9.80. The van der Waals surface area contributed by atoms with Crippen molar-refractivity contribution in [2.45, 2.75) is 12.8 Å². The van der Waals surface area contributed by atoms with Gasteiger partial charge in [-0.2, -0.15) is 4.39 Å². The number of carbonyl (C=O) groups excluding carboxylic acids is 2. The van der Waals surface area contributed by atoms with Crippen LogP contribution in [0.5, 0.6) is 0 Å². The lowest BCUT2D eigenvalue weighted by atomic mass is 9.97. The third kappa shape index (κ3) is 2.64. The fourth-order valence-corrected chi connectivity index (χ4v) is 2.11. The van der Waals surface area contributed by atoms with Gasteiger partial charge in [0.05, 0.1) is 5.92 Å². The standard InChI is InChI=1S/C12H14FN3O2/c13-10-6-8(3-4-15-10)12(18)16-5-1-2-9(7-16)11(14)17/h3-4,6,9H,1-2,5,7H2,(H2,14,17). The number of primary amides is 1. The molecule has 2 amide bonds. The molecule has 0 aromatic carbocycles. The van der Waals surface area contributed by atoms with Gasteiger partial charge in [0.2, 0.25) is 11.9 Å². The molecule has 6 heteroatoms. The van der Waals surface area contributed by atoms with Crippen molar-refractivity contribution < 1.29 is 14.0 Å². The molecule has 2 heterocycles. The Hall–Kier alpha value is -1.98. The number of likely N-dealkylation sites (tertiary alicyclic amines) is 1. The monoisotopic (exact) mass is 251 g/mol. The molecule has 2 rings (SSSR count). The minimum atomic E-state index is -0.690. The van der Waals surface area contributed by atoms with E-state index in [9.17, 15) is 14.0 Å². The molecule has 1 atom stereocenters. The Morgan fingerprint density at radius 2 is 2.28 bits per heavy atom. The van der Waals surface area contributed by atoms with Gasteiger partial charge >= 0.3 is 0 Å². The van der Waals surface area contributed by atoms with Crippen molar-refractivity contribution in [1.29, 1.82) is 0 Å². The Morgan fingerprint density at radius 1 is 1.50 bits per heavy atom. The highest BCUT2D eigenvalue weighted by molar-refractivity contribution is 5.94. The Morgan fingerprint density at radius 3 is 2.94 bits per heavy atom. The molecule has 1 aromatic rings.